The number of nitrogens with zero attached hydrogens (tertiary/aromatic N) is 2. The van der Waals surface area contributed by atoms with E-state index in [1.165, 1.54) is 0 Å². The molecule has 0 atom stereocenters. The van der Waals surface area contributed by atoms with Gasteiger partial charge >= 0.3 is 12.1 Å². The number of amides is 1. The van der Waals surface area contributed by atoms with Crippen LogP contribution in [0.3, 0.4) is 0 Å². The number of fused-ring (bicyclic) bond motifs is 3. The minimum atomic E-state index is -0.354. The number of para-hydroxylation sites is 1. The molecule has 3 aromatic rings. The molecule has 0 N–H and O–H groups in total. The number of likely N-dealkylation sites (tertiary alicyclic amines) is 1. The van der Waals surface area contributed by atoms with E-state index in [0.717, 1.165) is 42.4 Å². The Morgan fingerprint density at radius 3 is 2.58 bits per heavy atom. The zero-order valence-electron chi connectivity index (χ0n) is 14.6. The minimum Gasteiger partial charge on any atom is -0.462 e. The maximum absolute atomic E-state index is 12.4. The molecule has 0 unspecified atom stereocenters. The lowest BCUT2D eigenvalue weighted by Crippen LogP contribution is -2.30. The van der Waals surface area contributed by atoms with Crippen molar-refractivity contribution in [2.75, 3.05) is 19.7 Å². The van der Waals surface area contributed by atoms with Gasteiger partial charge in [0.05, 0.1) is 29.4 Å². The highest BCUT2D eigenvalue weighted by molar-refractivity contribution is 6.11. The number of aromatic nitrogens is 1. The van der Waals surface area contributed by atoms with Crippen LogP contribution in [0.2, 0.25) is 0 Å². The molecule has 3 heterocycles. The molecule has 6 nitrogen and oxygen atoms in total. The zero-order chi connectivity index (χ0) is 18.1. The fourth-order valence-corrected chi connectivity index (χ4v) is 3.46. The Morgan fingerprint density at radius 1 is 1.04 bits per heavy atom. The van der Waals surface area contributed by atoms with Gasteiger partial charge in [0, 0.05) is 18.5 Å². The molecule has 0 saturated carbocycles. The van der Waals surface area contributed by atoms with E-state index in [9.17, 15) is 9.59 Å². The lowest BCUT2D eigenvalue weighted by atomic mass is 10.1. The van der Waals surface area contributed by atoms with Gasteiger partial charge in [-0.2, -0.15) is 0 Å². The summed E-state index contributed by atoms with van der Waals surface area (Å²) in [7, 11) is 0. The molecule has 6 heteroatoms. The highest BCUT2D eigenvalue weighted by atomic mass is 16.6. The smallest absolute Gasteiger partial charge is 0.415 e. The fraction of sp³-hybridized carbons (Fsp3) is 0.300. The van der Waals surface area contributed by atoms with Gasteiger partial charge in [-0.3, -0.25) is 0 Å². The SMILES string of the molecule is CCOC(=O)c1c2ccccc2n2cc(OC(=O)N3CCCC3)ccc12. The second-order valence-corrected chi connectivity index (χ2v) is 6.29. The van der Waals surface area contributed by atoms with Crippen molar-refractivity contribution in [3.8, 4) is 5.75 Å². The number of rotatable bonds is 3. The average molecular weight is 352 g/mol. The zero-order valence-corrected chi connectivity index (χ0v) is 14.6. The van der Waals surface area contributed by atoms with E-state index in [0.29, 0.717) is 17.9 Å². The molecule has 26 heavy (non-hydrogen) atoms. The normalized spacial score (nSPS) is 14.1. The van der Waals surface area contributed by atoms with Crippen LogP contribution in [0.5, 0.6) is 5.75 Å². The molecule has 0 radical (unpaired) electrons. The van der Waals surface area contributed by atoms with E-state index in [2.05, 4.69) is 0 Å². The molecular formula is C20H20N2O4. The molecule has 1 aliphatic rings. The Labute approximate surface area is 150 Å². The molecular weight excluding hydrogens is 332 g/mol. The Balaban J connectivity index is 1.77. The summed E-state index contributed by atoms with van der Waals surface area (Å²) in [4.78, 5) is 26.4. The third-order valence-corrected chi connectivity index (χ3v) is 4.66. The van der Waals surface area contributed by atoms with Gasteiger partial charge in [0.15, 0.2) is 0 Å². The summed E-state index contributed by atoms with van der Waals surface area (Å²) in [6.07, 6.45) is 3.44. The van der Waals surface area contributed by atoms with Crippen LogP contribution in [0, 0.1) is 0 Å². The summed E-state index contributed by atoms with van der Waals surface area (Å²) < 4.78 is 12.6. The summed E-state index contributed by atoms with van der Waals surface area (Å²) >= 11 is 0. The predicted octanol–water partition coefficient (Wildman–Crippen LogP) is 3.86. The number of carbonyl (C=O) groups excluding carboxylic acids is 2. The first-order chi connectivity index (χ1) is 12.7. The minimum absolute atomic E-state index is 0.316. The number of ether oxygens (including phenoxy) is 2. The molecule has 1 aliphatic heterocycles. The summed E-state index contributed by atoms with van der Waals surface area (Å²) in [5.74, 6) is 0.0959. The monoisotopic (exact) mass is 352 g/mol. The highest BCUT2D eigenvalue weighted by Gasteiger charge is 2.22. The number of hydrogen-bond donors (Lipinski definition) is 0. The van der Waals surface area contributed by atoms with Crippen molar-refractivity contribution >= 4 is 28.5 Å². The van der Waals surface area contributed by atoms with E-state index in [-0.39, 0.29) is 12.1 Å². The van der Waals surface area contributed by atoms with Crippen molar-refractivity contribution in [3.05, 3.63) is 48.2 Å². The maximum Gasteiger partial charge on any atom is 0.415 e. The van der Waals surface area contributed by atoms with Crippen LogP contribution < -0.4 is 4.74 Å². The first kappa shape index (κ1) is 16.4. The second kappa shape index (κ2) is 6.71. The van der Waals surface area contributed by atoms with Gasteiger partial charge in [0.1, 0.15) is 5.75 Å². The molecule has 134 valence electrons. The highest BCUT2D eigenvalue weighted by Crippen LogP contribution is 2.29. The van der Waals surface area contributed by atoms with Crippen LogP contribution in [-0.4, -0.2) is 41.1 Å². The van der Waals surface area contributed by atoms with Crippen molar-refractivity contribution < 1.29 is 19.1 Å². The maximum atomic E-state index is 12.4. The van der Waals surface area contributed by atoms with Gasteiger partial charge in [0.25, 0.3) is 0 Å². The largest absolute Gasteiger partial charge is 0.462 e. The number of esters is 1. The van der Waals surface area contributed by atoms with Crippen molar-refractivity contribution in [2.24, 2.45) is 0 Å². The van der Waals surface area contributed by atoms with Crippen LogP contribution >= 0.6 is 0 Å². The predicted molar refractivity (Wildman–Crippen MR) is 97.7 cm³/mol. The van der Waals surface area contributed by atoms with Crippen LogP contribution in [0.15, 0.2) is 42.6 Å². The van der Waals surface area contributed by atoms with Gasteiger partial charge in [-0.05, 0) is 38.0 Å². The molecule has 4 rings (SSSR count). The first-order valence-electron chi connectivity index (χ1n) is 8.85. The molecule has 1 aromatic carbocycles. The van der Waals surface area contributed by atoms with Crippen LogP contribution in [-0.2, 0) is 4.74 Å². The van der Waals surface area contributed by atoms with E-state index in [4.69, 9.17) is 9.47 Å². The number of carbonyl (C=O) groups is 2. The van der Waals surface area contributed by atoms with Crippen molar-refractivity contribution in [2.45, 2.75) is 19.8 Å². The van der Waals surface area contributed by atoms with Gasteiger partial charge in [0.2, 0.25) is 0 Å². The number of hydrogen-bond acceptors (Lipinski definition) is 4. The Morgan fingerprint density at radius 2 is 1.81 bits per heavy atom. The standard InChI is InChI=1S/C20H20N2O4/c1-2-25-19(23)18-15-7-3-4-8-16(15)22-13-14(9-10-17(18)22)26-20(24)21-11-5-6-12-21/h3-4,7-10,13H,2,5-6,11-12H2,1H3. The fourth-order valence-electron chi connectivity index (χ4n) is 3.46. The van der Waals surface area contributed by atoms with E-state index >= 15 is 0 Å². The Hall–Kier alpha value is -3.02. The summed E-state index contributed by atoms with van der Waals surface area (Å²) in [5, 5.41) is 0.814. The summed E-state index contributed by atoms with van der Waals surface area (Å²) in [6.45, 7) is 3.57. The van der Waals surface area contributed by atoms with Crippen molar-refractivity contribution in [1.82, 2.24) is 9.30 Å². The Bertz CT molecular complexity index is 986. The van der Waals surface area contributed by atoms with Gasteiger partial charge < -0.3 is 18.8 Å². The molecule has 2 aromatic heterocycles. The van der Waals surface area contributed by atoms with Gasteiger partial charge in [-0.1, -0.05) is 18.2 Å². The molecule has 1 amide bonds. The molecule has 0 bridgehead atoms. The van der Waals surface area contributed by atoms with Crippen molar-refractivity contribution in [3.63, 3.8) is 0 Å². The van der Waals surface area contributed by atoms with Gasteiger partial charge in [-0.15, -0.1) is 0 Å². The summed E-state index contributed by atoms with van der Waals surface area (Å²) in [6, 6.07) is 11.1. The first-order valence-corrected chi connectivity index (χ1v) is 8.85. The summed E-state index contributed by atoms with van der Waals surface area (Å²) in [5.41, 5.74) is 2.12. The molecule has 0 spiro atoms. The molecule has 0 aliphatic carbocycles. The topological polar surface area (TPSA) is 60.2 Å². The van der Waals surface area contributed by atoms with Gasteiger partial charge in [-0.25, -0.2) is 9.59 Å². The van der Waals surface area contributed by atoms with Crippen LogP contribution in [0.1, 0.15) is 30.1 Å². The lowest BCUT2D eigenvalue weighted by molar-refractivity contribution is 0.0531. The van der Waals surface area contributed by atoms with E-state index in [1.54, 1.807) is 30.2 Å². The van der Waals surface area contributed by atoms with Crippen LogP contribution in [0.25, 0.3) is 16.4 Å². The van der Waals surface area contributed by atoms with E-state index in [1.807, 2.05) is 28.7 Å². The number of benzene rings is 1. The third-order valence-electron chi connectivity index (χ3n) is 4.66. The average Bonchev–Trinajstić information content (AvgIpc) is 3.28. The second-order valence-electron chi connectivity index (χ2n) is 6.29. The van der Waals surface area contributed by atoms with E-state index < -0.39 is 0 Å². The third kappa shape index (κ3) is 2.77. The van der Waals surface area contributed by atoms with Crippen LogP contribution in [0.4, 0.5) is 4.79 Å². The lowest BCUT2D eigenvalue weighted by Gasteiger charge is -2.15. The number of pyridine rings is 1. The molecule has 1 fully saturated rings. The van der Waals surface area contributed by atoms with Crippen molar-refractivity contribution in [1.29, 1.82) is 0 Å². The Kier molecular flexibility index (Phi) is 4.24. The quantitative estimate of drug-likeness (QED) is 0.672. The molecule has 1 saturated heterocycles.